The molecule has 0 aromatic carbocycles. The van der Waals surface area contributed by atoms with Gasteiger partial charge >= 0.3 is 0 Å². The minimum Gasteiger partial charge on any atom is -0.379 e. The summed E-state index contributed by atoms with van der Waals surface area (Å²) in [7, 11) is -3.39. The van der Waals surface area contributed by atoms with E-state index >= 15 is 0 Å². The standard InChI is InChI=1S/C13H19N3O3S/c17-20(18,15-8-10-19-11-9-15)16-7-1-2-13(16)12-3-5-14-6-4-12/h3-6,13H,1-2,7-11H2/t13-/m0/s1. The van der Waals surface area contributed by atoms with E-state index in [0.717, 1.165) is 18.4 Å². The van der Waals surface area contributed by atoms with Gasteiger partial charge < -0.3 is 4.74 Å². The average molecular weight is 297 g/mol. The zero-order valence-corrected chi connectivity index (χ0v) is 12.1. The van der Waals surface area contributed by atoms with Crippen LogP contribution in [0.3, 0.4) is 0 Å². The Labute approximate surface area is 119 Å². The van der Waals surface area contributed by atoms with Crippen molar-refractivity contribution in [1.29, 1.82) is 0 Å². The van der Waals surface area contributed by atoms with E-state index in [-0.39, 0.29) is 6.04 Å². The highest BCUT2D eigenvalue weighted by Crippen LogP contribution is 2.35. The molecule has 1 atom stereocenters. The number of ether oxygens (including phenoxy) is 1. The first kappa shape index (κ1) is 13.9. The highest BCUT2D eigenvalue weighted by atomic mass is 32.2. The summed E-state index contributed by atoms with van der Waals surface area (Å²) in [5.74, 6) is 0. The van der Waals surface area contributed by atoms with Gasteiger partial charge in [-0.15, -0.1) is 0 Å². The number of hydrogen-bond acceptors (Lipinski definition) is 4. The summed E-state index contributed by atoms with van der Waals surface area (Å²) < 4.78 is 33.9. The summed E-state index contributed by atoms with van der Waals surface area (Å²) in [5, 5.41) is 0. The van der Waals surface area contributed by atoms with E-state index in [2.05, 4.69) is 4.98 Å². The van der Waals surface area contributed by atoms with E-state index in [0.29, 0.717) is 32.8 Å². The first-order valence-corrected chi connectivity index (χ1v) is 8.34. The van der Waals surface area contributed by atoms with Gasteiger partial charge in [-0.3, -0.25) is 4.98 Å². The van der Waals surface area contributed by atoms with Crippen molar-refractivity contribution in [3.63, 3.8) is 0 Å². The molecule has 0 amide bonds. The molecule has 2 fully saturated rings. The van der Waals surface area contributed by atoms with Gasteiger partial charge in [0, 0.05) is 32.0 Å². The average Bonchev–Trinajstić information content (AvgIpc) is 2.99. The molecule has 1 aromatic rings. The molecular formula is C13H19N3O3S. The van der Waals surface area contributed by atoms with Crippen LogP contribution in [0.25, 0.3) is 0 Å². The maximum Gasteiger partial charge on any atom is 0.282 e. The van der Waals surface area contributed by atoms with Crippen molar-refractivity contribution in [3.8, 4) is 0 Å². The molecule has 0 saturated carbocycles. The van der Waals surface area contributed by atoms with Crippen molar-refractivity contribution in [2.45, 2.75) is 18.9 Å². The molecule has 0 bridgehead atoms. The van der Waals surface area contributed by atoms with Crippen LogP contribution in [0.2, 0.25) is 0 Å². The highest BCUT2D eigenvalue weighted by molar-refractivity contribution is 7.86. The van der Waals surface area contributed by atoms with Crippen LogP contribution in [-0.2, 0) is 14.9 Å². The zero-order chi connectivity index (χ0) is 14.0. The third-order valence-corrected chi connectivity index (χ3v) is 5.93. The van der Waals surface area contributed by atoms with Gasteiger partial charge in [-0.1, -0.05) is 0 Å². The van der Waals surface area contributed by atoms with Crippen molar-refractivity contribution >= 4 is 10.2 Å². The molecule has 2 saturated heterocycles. The molecule has 1 aromatic heterocycles. The molecule has 20 heavy (non-hydrogen) atoms. The Morgan fingerprint density at radius 2 is 1.85 bits per heavy atom. The van der Waals surface area contributed by atoms with Crippen LogP contribution >= 0.6 is 0 Å². The van der Waals surface area contributed by atoms with E-state index in [9.17, 15) is 8.42 Å². The van der Waals surface area contributed by atoms with Crippen LogP contribution in [0, 0.1) is 0 Å². The van der Waals surface area contributed by atoms with Gasteiger partial charge in [-0.05, 0) is 30.5 Å². The SMILES string of the molecule is O=S(=O)(N1CCOCC1)N1CCC[C@H]1c1ccncc1. The fraction of sp³-hybridized carbons (Fsp3) is 0.615. The van der Waals surface area contributed by atoms with Gasteiger partial charge in [0.15, 0.2) is 0 Å². The first-order valence-electron chi connectivity index (χ1n) is 6.94. The van der Waals surface area contributed by atoms with Gasteiger partial charge in [0.05, 0.1) is 19.3 Å². The highest BCUT2D eigenvalue weighted by Gasteiger charge is 2.39. The second-order valence-electron chi connectivity index (χ2n) is 5.07. The molecule has 0 radical (unpaired) electrons. The molecule has 6 nitrogen and oxygen atoms in total. The zero-order valence-electron chi connectivity index (χ0n) is 11.3. The molecular weight excluding hydrogens is 278 g/mol. The Kier molecular flexibility index (Phi) is 4.02. The maximum atomic E-state index is 12.8. The minimum absolute atomic E-state index is 0.0640. The lowest BCUT2D eigenvalue weighted by molar-refractivity contribution is 0.0699. The fourth-order valence-electron chi connectivity index (χ4n) is 2.86. The Morgan fingerprint density at radius 1 is 1.15 bits per heavy atom. The summed E-state index contributed by atoms with van der Waals surface area (Å²) in [6.07, 6.45) is 5.20. The smallest absolute Gasteiger partial charge is 0.282 e. The van der Waals surface area contributed by atoms with E-state index in [4.69, 9.17) is 4.74 Å². The number of aromatic nitrogens is 1. The summed E-state index contributed by atoms with van der Waals surface area (Å²) in [5.41, 5.74) is 1.02. The summed E-state index contributed by atoms with van der Waals surface area (Å²) in [6.45, 7) is 2.44. The van der Waals surface area contributed by atoms with Crippen LogP contribution in [-0.4, -0.2) is 54.9 Å². The molecule has 0 spiro atoms. The molecule has 3 heterocycles. The minimum atomic E-state index is -3.39. The van der Waals surface area contributed by atoms with Crippen LogP contribution < -0.4 is 0 Å². The summed E-state index contributed by atoms with van der Waals surface area (Å²) in [4.78, 5) is 4.00. The van der Waals surface area contributed by atoms with Gasteiger partial charge in [-0.2, -0.15) is 17.0 Å². The largest absolute Gasteiger partial charge is 0.379 e. The van der Waals surface area contributed by atoms with E-state index in [1.54, 1.807) is 16.7 Å². The topological polar surface area (TPSA) is 62.7 Å². The molecule has 0 unspecified atom stereocenters. The Hall–Kier alpha value is -1.02. The monoisotopic (exact) mass is 297 g/mol. The number of rotatable bonds is 3. The van der Waals surface area contributed by atoms with Crippen molar-refractivity contribution in [2.75, 3.05) is 32.8 Å². The Morgan fingerprint density at radius 3 is 2.55 bits per heavy atom. The number of nitrogens with zero attached hydrogens (tertiary/aromatic N) is 3. The van der Waals surface area contributed by atoms with Gasteiger partial charge in [-0.25, -0.2) is 0 Å². The Balaban J connectivity index is 1.84. The quantitative estimate of drug-likeness (QED) is 0.828. The Bertz CT molecular complexity index is 543. The van der Waals surface area contributed by atoms with Crippen LogP contribution in [0.5, 0.6) is 0 Å². The van der Waals surface area contributed by atoms with Crippen LogP contribution in [0.15, 0.2) is 24.5 Å². The van der Waals surface area contributed by atoms with Crippen LogP contribution in [0.1, 0.15) is 24.4 Å². The molecule has 2 aliphatic rings. The number of pyridine rings is 1. The second kappa shape index (κ2) is 5.77. The van der Waals surface area contributed by atoms with Crippen LogP contribution in [0.4, 0.5) is 0 Å². The maximum absolute atomic E-state index is 12.8. The molecule has 2 aliphatic heterocycles. The third-order valence-electron chi connectivity index (χ3n) is 3.89. The fourth-order valence-corrected chi connectivity index (χ4v) is 4.68. The van der Waals surface area contributed by atoms with Gasteiger partial charge in [0.2, 0.25) is 0 Å². The lowest BCUT2D eigenvalue weighted by atomic mass is 10.1. The summed E-state index contributed by atoms with van der Waals surface area (Å²) in [6, 6.07) is 3.74. The molecule has 3 rings (SSSR count). The number of hydrogen-bond donors (Lipinski definition) is 0. The lowest BCUT2D eigenvalue weighted by Crippen LogP contribution is -2.48. The van der Waals surface area contributed by atoms with Crippen molar-refractivity contribution in [2.24, 2.45) is 0 Å². The second-order valence-corrected chi connectivity index (χ2v) is 6.95. The third kappa shape index (κ3) is 2.58. The van der Waals surface area contributed by atoms with Crippen molar-refractivity contribution < 1.29 is 13.2 Å². The van der Waals surface area contributed by atoms with E-state index in [1.165, 1.54) is 4.31 Å². The summed E-state index contributed by atoms with van der Waals surface area (Å²) >= 11 is 0. The molecule has 110 valence electrons. The molecule has 0 N–H and O–H groups in total. The first-order chi connectivity index (χ1) is 9.69. The van der Waals surface area contributed by atoms with Gasteiger partial charge in [0.1, 0.15) is 0 Å². The predicted molar refractivity (Wildman–Crippen MR) is 74.2 cm³/mol. The van der Waals surface area contributed by atoms with Crippen molar-refractivity contribution in [1.82, 2.24) is 13.6 Å². The van der Waals surface area contributed by atoms with Gasteiger partial charge in [0.25, 0.3) is 10.2 Å². The normalized spacial score (nSPS) is 25.9. The van der Waals surface area contributed by atoms with Crippen molar-refractivity contribution in [3.05, 3.63) is 30.1 Å². The predicted octanol–water partition coefficient (Wildman–Crippen LogP) is 0.795. The van der Waals surface area contributed by atoms with E-state index < -0.39 is 10.2 Å². The molecule has 7 heteroatoms. The number of morpholine rings is 1. The molecule has 0 aliphatic carbocycles. The van der Waals surface area contributed by atoms with E-state index in [1.807, 2.05) is 12.1 Å². The lowest BCUT2D eigenvalue weighted by Gasteiger charge is -2.33.